The molecule has 2 aliphatic rings. The average Bonchev–Trinajstić information content (AvgIpc) is 2.56. The summed E-state index contributed by atoms with van der Waals surface area (Å²) in [6.07, 6.45) is 5.77. The van der Waals surface area contributed by atoms with E-state index in [0.717, 1.165) is 67.7 Å². The Kier molecular flexibility index (Phi) is 4.82. The molecule has 1 saturated heterocycles. The zero-order valence-corrected chi connectivity index (χ0v) is 14.6. The second-order valence-electron chi connectivity index (χ2n) is 6.39. The van der Waals surface area contributed by atoms with E-state index in [9.17, 15) is 5.26 Å². The lowest BCUT2D eigenvalue weighted by Crippen LogP contribution is -2.47. The normalized spacial score (nSPS) is 30.0. The summed E-state index contributed by atoms with van der Waals surface area (Å²) in [5, 5.41) is 9.85. The average molecular weight is 364 g/mol. The number of nitrogens with zero attached hydrogens (tertiary/aromatic N) is 3. The SMILES string of the molecule is Cc1cc(Br)cnc1[C@]1(C#N)CC[C@@H](N2CCOCC2)CC1. The first-order chi connectivity index (χ1) is 10.6. The van der Waals surface area contributed by atoms with E-state index in [0.29, 0.717) is 6.04 Å². The molecule has 0 unspecified atom stereocenters. The van der Waals surface area contributed by atoms with Crippen LogP contribution in [0.1, 0.15) is 36.9 Å². The fourth-order valence-corrected chi connectivity index (χ4v) is 4.29. The van der Waals surface area contributed by atoms with Gasteiger partial charge in [0, 0.05) is 29.8 Å². The minimum absolute atomic E-state index is 0.409. The Labute approximate surface area is 140 Å². The first-order valence-corrected chi connectivity index (χ1v) is 8.80. The van der Waals surface area contributed by atoms with Crippen LogP contribution in [-0.4, -0.2) is 42.2 Å². The Morgan fingerprint density at radius 3 is 2.64 bits per heavy atom. The van der Waals surface area contributed by atoms with E-state index in [4.69, 9.17) is 4.74 Å². The van der Waals surface area contributed by atoms with E-state index >= 15 is 0 Å². The molecule has 0 bridgehead atoms. The van der Waals surface area contributed by atoms with Gasteiger partial charge in [-0.05, 0) is 60.2 Å². The van der Waals surface area contributed by atoms with Gasteiger partial charge in [0.1, 0.15) is 0 Å². The molecule has 1 aliphatic carbocycles. The third kappa shape index (κ3) is 3.05. The fourth-order valence-electron chi connectivity index (χ4n) is 3.85. The molecule has 0 amide bonds. The minimum Gasteiger partial charge on any atom is -0.379 e. The third-order valence-corrected chi connectivity index (χ3v) is 5.52. The molecule has 3 rings (SSSR count). The molecule has 0 N–H and O–H groups in total. The van der Waals surface area contributed by atoms with E-state index < -0.39 is 5.41 Å². The van der Waals surface area contributed by atoms with Crippen LogP contribution >= 0.6 is 15.9 Å². The van der Waals surface area contributed by atoms with Crippen molar-refractivity contribution in [1.29, 1.82) is 5.26 Å². The Bertz CT molecular complexity index is 570. The van der Waals surface area contributed by atoms with Crippen molar-refractivity contribution in [1.82, 2.24) is 9.88 Å². The highest BCUT2D eigenvalue weighted by molar-refractivity contribution is 9.10. The molecular formula is C17H22BrN3O. The Balaban J connectivity index is 1.75. The predicted octanol–water partition coefficient (Wildman–Crippen LogP) is 3.19. The molecule has 0 radical (unpaired) electrons. The first-order valence-electron chi connectivity index (χ1n) is 8.00. The molecule has 2 heterocycles. The van der Waals surface area contributed by atoms with Crippen LogP contribution in [0.15, 0.2) is 16.7 Å². The van der Waals surface area contributed by atoms with Crippen LogP contribution in [0.4, 0.5) is 0 Å². The summed E-state index contributed by atoms with van der Waals surface area (Å²) in [7, 11) is 0. The Hall–Kier alpha value is -0.960. The zero-order valence-electron chi connectivity index (χ0n) is 13.0. The van der Waals surface area contributed by atoms with Gasteiger partial charge in [-0.3, -0.25) is 9.88 Å². The number of pyridine rings is 1. The molecule has 118 valence electrons. The van der Waals surface area contributed by atoms with E-state index in [1.54, 1.807) is 0 Å². The highest BCUT2D eigenvalue weighted by atomic mass is 79.9. The standard InChI is InChI=1S/C17H22BrN3O/c1-13-10-14(18)11-20-16(13)17(12-19)4-2-15(3-5-17)21-6-8-22-9-7-21/h10-11,15H,2-9H2,1H3/t15-,17-. The van der Waals surface area contributed by atoms with Gasteiger partial charge in [-0.25, -0.2) is 0 Å². The van der Waals surface area contributed by atoms with Crippen molar-refractivity contribution in [3.8, 4) is 6.07 Å². The van der Waals surface area contributed by atoms with Crippen LogP contribution in [-0.2, 0) is 10.2 Å². The molecule has 5 heteroatoms. The van der Waals surface area contributed by atoms with Gasteiger partial charge < -0.3 is 4.74 Å². The van der Waals surface area contributed by atoms with Gasteiger partial charge in [-0.15, -0.1) is 0 Å². The second kappa shape index (κ2) is 6.66. The largest absolute Gasteiger partial charge is 0.379 e. The molecule has 4 nitrogen and oxygen atoms in total. The van der Waals surface area contributed by atoms with Gasteiger partial charge in [0.25, 0.3) is 0 Å². The summed E-state index contributed by atoms with van der Waals surface area (Å²) < 4.78 is 6.42. The van der Waals surface area contributed by atoms with Crippen LogP contribution in [0.5, 0.6) is 0 Å². The van der Waals surface area contributed by atoms with Gasteiger partial charge in [-0.1, -0.05) is 0 Å². The van der Waals surface area contributed by atoms with E-state index in [-0.39, 0.29) is 0 Å². The van der Waals surface area contributed by atoms with Crippen LogP contribution in [0, 0.1) is 18.3 Å². The summed E-state index contributed by atoms with van der Waals surface area (Å²) in [5.41, 5.74) is 1.67. The molecule has 1 aromatic heterocycles. The van der Waals surface area contributed by atoms with Gasteiger partial charge in [0.2, 0.25) is 0 Å². The topological polar surface area (TPSA) is 49.2 Å². The Morgan fingerprint density at radius 2 is 2.05 bits per heavy atom. The van der Waals surface area contributed by atoms with Gasteiger partial charge in [0.15, 0.2) is 0 Å². The lowest BCUT2D eigenvalue weighted by atomic mass is 9.70. The van der Waals surface area contributed by atoms with Crippen LogP contribution < -0.4 is 0 Å². The molecule has 0 spiro atoms. The van der Waals surface area contributed by atoms with Crippen molar-refractivity contribution < 1.29 is 4.74 Å². The van der Waals surface area contributed by atoms with Crippen LogP contribution in [0.2, 0.25) is 0 Å². The molecule has 2 fully saturated rings. The van der Waals surface area contributed by atoms with Crippen molar-refractivity contribution in [3.63, 3.8) is 0 Å². The van der Waals surface area contributed by atoms with E-state index in [1.807, 2.05) is 6.20 Å². The number of hydrogen-bond donors (Lipinski definition) is 0. The summed E-state index contributed by atoms with van der Waals surface area (Å²) in [4.78, 5) is 7.11. The molecule has 1 saturated carbocycles. The number of rotatable bonds is 2. The monoisotopic (exact) mass is 363 g/mol. The molecule has 1 aliphatic heterocycles. The Morgan fingerprint density at radius 1 is 1.36 bits per heavy atom. The minimum atomic E-state index is -0.409. The third-order valence-electron chi connectivity index (χ3n) is 5.08. The predicted molar refractivity (Wildman–Crippen MR) is 88.6 cm³/mol. The zero-order chi connectivity index (χ0) is 15.6. The summed E-state index contributed by atoms with van der Waals surface area (Å²) in [6, 6.07) is 5.26. The highest BCUT2D eigenvalue weighted by Crippen LogP contribution is 2.41. The molecule has 0 aromatic carbocycles. The fraction of sp³-hybridized carbons (Fsp3) is 0.647. The smallest absolute Gasteiger partial charge is 0.0996 e. The van der Waals surface area contributed by atoms with Gasteiger partial charge >= 0.3 is 0 Å². The number of nitriles is 1. The lowest BCUT2D eigenvalue weighted by Gasteiger charge is -2.41. The second-order valence-corrected chi connectivity index (χ2v) is 7.31. The van der Waals surface area contributed by atoms with Crippen molar-refractivity contribution >= 4 is 15.9 Å². The number of hydrogen-bond acceptors (Lipinski definition) is 4. The van der Waals surface area contributed by atoms with Crippen molar-refractivity contribution in [2.24, 2.45) is 0 Å². The van der Waals surface area contributed by atoms with E-state index in [2.05, 4.69) is 44.9 Å². The van der Waals surface area contributed by atoms with Gasteiger partial charge in [0.05, 0.1) is 30.4 Å². The molecule has 0 atom stereocenters. The molecule has 1 aromatic rings. The summed E-state index contributed by atoms with van der Waals surface area (Å²) in [5.74, 6) is 0. The number of morpholine rings is 1. The number of aryl methyl sites for hydroxylation is 1. The van der Waals surface area contributed by atoms with Crippen molar-refractivity contribution in [2.75, 3.05) is 26.3 Å². The van der Waals surface area contributed by atoms with Gasteiger partial charge in [-0.2, -0.15) is 5.26 Å². The number of aromatic nitrogens is 1. The lowest BCUT2D eigenvalue weighted by molar-refractivity contribution is 0.00491. The maximum absolute atomic E-state index is 9.85. The van der Waals surface area contributed by atoms with Crippen LogP contribution in [0.3, 0.4) is 0 Å². The van der Waals surface area contributed by atoms with Crippen LogP contribution in [0.25, 0.3) is 0 Å². The summed E-state index contributed by atoms with van der Waals surface area (Å²) in [6.45, 7) is 5.79. The number of ether oxygens (including phenoxy) is 1. The number of halogens is 1. The molecule has 22 heavy (non-hydrogen) atoms. The maximum Gasteiger partial charge on any atom is 0.0996 e. The molecular weight excluding hydrogens is 342 g/mol. The first kappa shape index (κ1) is 15.9. The summed E-state index contributed by atoms with van der Waals surface area (Å²) >= 11 is 3.46. The maximum atomic E-state index is 9.85. The van der Waals surface area contributed by atoms with E-state index in [1.165, 1.54) is 0 Å². The highest BCUT2D eigenvalue weighted by Gasteiger charge is 2.40. The van der Waals surface area contributed by atoms with Crippen molar-refractivity contribution in [3.05, 3.63) is 28.0 Å². The quantitative estimate of drug-likeness (QED) is 0.809. The van der Waals surface area contributed by atoms with Crippen molar-refractivity contribution in [2.45, 2.75) is 44.1 Å².